The van der Waals surface area contributed by atoms with Gasteiger partial charge in [0.1, 0.15) is 22.8 Å². The predicted molar refractivity (Wildman–Crippen MR) is 140 cm³/mol. The van der Waals surface area contributed by atoms with Crippen LogP contribution in [-0.2, 0) is 11.0 Å². The molecule has 0 saturated heterocycles. The Labute approximate surface area is 222 Å². The van der Waals surface area contributed by atoms with E-state index in [1.807, 2.05) is 20.8 Å². The number of ether oxygens (including phenoxy) is 3. The van der Waals surface area contributed by atoms with Gasteiger partial charge < -0.3 is 23.9 Å². The van der Waals surface area contributed by atoms with Gasteiger partial charge in [-0.3, -0.25) is 9.59 Å². The fourth-order valence-corrected chi connectivity index (χ4v) is 3.87. The van der Waals surface area contributed by atoms with E-state index >= 15 is 0 Å². The lowest BCUT2D eigenvalue weighted by Gasteiger charge is -2.16. The Morgan fingerprint density at radius 2 is 1.67 bits per heavy atom. The summed E-state index contributed by atoms with van der Waals surface area (Å²) in [5.74, 6) is -2.47. The standard InChI is InChI=1S/C29H26F3NO6/c1-4-36-23-12-8-6-10-21(23)33-25(34)16-37-18-13-14-20-24(15-18)39-28(29(30,31)32)27(26(20)35)38-22-11-7-5-9-19(22)17(2)3/h5-15,17H,4,16H2,1-3H3,(H,33,34). The number of halogens is 3. The number of rotatable bonds is 9. The van der Waals surface area contributed by atoms with E-state index in [0.29, 0.717) is 23.6 Å². The van der Waals surface area contributed by atoms with Crippen LogP contribution in [0.2, 0.25) is 0 Å². The first-order valence-electron chi connectivity index (χ1n) is 12.2. The zero-order valence-corrected chi connectivity index (χ0v) is 21.4. The maximum atomic E-state index is 14.0. The van der Waals surface area contributed by atoms with Gasteiger partial charge in [0, 0.05) is 6.07 Å². The molecule has 0 atom stereocenters. The summed E-state index contributed by atoms with van der Waals surface area (Å²) < 4.78 is 63.5. The van der Waals surface area contributed by atoms with E-state index in [1.165, 1.54) is 18.2 Å². The highest BCUT2D eigenvalue weighted by molar-refractivity contribution is 5.93. The van der Waals surface area contributed by atoms with E-state index in [0.717, 1.165) is 6.07 Å². The molecule has 1 N–H and O–H groups in total. The highest BCUT2D eigenvalue weighted by Crippen LogP contribution is 2.40. The molecule has 4 aromatic rings. The molecule has 0 bridgehead atoms. The Morgan fingerprint density at radius 1 is 0.974 bits per heavy atom. The van der Waals surface area contributed by atoms with Crippen molar-refractivity contribution in [3.63, 3.8) is 0 Å². The number of benzene rings is 3. The normalized spacial score (nSPS) is 11.5. The highest BCUT2D eigenvalue weighted by Gasteiger charge is 2.40. The van der Waals surface area contributed by atoms with Crippen LogP contribution >= 0.6 is 0 Å². The Bertz CT molecular complexity index is 1540. The number of para-hydroxylation sites is 3. The molecule has 0 aliphatic heterocycles. The first-order chi connectivity index (χ1) is 18.6. The van der Waals surface area contributed by atoms with Gasteiger partial charge in [0.05, 0.1) is 17.7 Å². The summed E-state index contributed by atoms with van der Waals surface area (Å²) in [7, 11) is 0. The van der Waals surface area contributed by atoms with Gasteiger partial charge in [0.2, 0.25) is 11.2 Å². The molecule has 0 aliphatic carbocycles. The number of nitrogens with one attached hydrogen (secondary N) is 1. The number of carbonyl (C=O) groups excluding carboxylic acids is 1. The van der Waals surface area contributed by atoms with Crippen LogP contribution in [0.4, 0.5) is 18.9 Å². The summed E-state index contributed by atoms with van der Waals surface area (Å²) in [6.45, 7) is 5.48. The topological polar surface area (TPSA) is 87.0 Å². The van der Waals surface area contributed by atoms with Crippen molar-refractivity contribution in [1.29, 1.82) is 0 Å². The van der Waals surface area contributed by atoms with Crippen molar-refractivity contribution in [3.05, 3.63) is 88.3 Å². The average Bonchev–Trinajstić information content (AvgIpc) is 2.89. The van der Waals surface area contributed by atoms with E-state index in [9.17, 15) is 22.8 Å². The Hall–Kier alpha value is -4.47. The maximum absolute atomic E-state index is 14.0. The molecule has 0 saturated carbocycles. The smallest absolute Gasteiger partial charge is 0.453 e. The summed E-state index contributed by atoms with van der Waals surface area (Å²) in [5, 5.41) is 2.52. The van der Waals surface area contributed by atoms with Crippen LogP contribution in [0.25, 0.3) is 11.0 Å². The third-order valence-electron chi connectivity index (χ3n) is 5.66. The average molecular weight is 542 g/mol. The van der Waals surface area contributed by atoms with Gasteiger partial charge in [0.25, 0.3) is 11.7 Å². The van der Waals surface area contributed by atoms with Crippen LogP contribution in [0.15, 0.2) is 75.9 Å². The van der Waals surface area contributed by atoms with Gasteiger partial charge in [0.15, 0.2) is 6.61 Å². The molecule has 204 valence electrons. The lowest BCUT2D eigenvalue weighted by molar-refractivity contribution is -0.154. The quantitative estimate of drug-likeness (QED) is 0.242. The summed E-state index contributed by atoms with van der Waals surface area (Å²) in [6.07, 6.45) is -5.01. The fraction of sp³-hybridized carbons (Fsp3) is 0.241. The lowest BCUT2D eigenvalue weighted by atomic mass is 10.0. The summed E-state index contributed by atoms with van der Waals surface area (Å²) >= 11 is 0. The minimum atomic E-state index is -5.01. The predicted octanol–water partition coefficient (Wildman–Crippen LogP) is 7.14. The lowest BCUT2D eigenvalue weighted by Crippen LogP contribution is -2.20. The van der Waals surface area contributed by atoms with Crippen molar-refractivity contribution < 1.29 is 36.6 Å². The minimum Gasteiger partial charge on any atom is -0.492 e. The zero-order valence-electron chi connectivity index (χ0n) is 21.4. The fourth-order valence-electron chi connectivity index (χ4n) is 3.87. The SMILES string of the molecule is CCOc1ccccc1NC(=O)COc1ccc2c(=O)c(Oc3ccccc3C(C)C)c(C(F)(F)F)oc2c1. The van der Waals surface area contributed by atoms with Gasteiger partial charge in [-0.1, -0.05) is 44.2 Å². The van der Waals surface area contributed by atoms with Crippen LogP contribution in [0.1, 0.15) is 38.0 Å². The second kappa shape index (κ2) is 11.5. The van der Waals surface area contributed by atoms with Crippen molar-refractivity contribution in [2.45, 2.75) is 32.9 Å². The minimum absolute atomic E-state index is 0.0332. The van der Waals surface area contributed by atoms with Gasteiger partial charge >= 0.3 is 6.18 Å². The molecule has 39 heavy (non-hydrogen) atoms. The number of hydrogen-bond donors (Lipinski definition) is 1. The second-order valence-corrected chi connectivity index (χ2v) is 8.81. The first kappa shape index (κ1) is 27.6. The number of carbonyl (C=O) groups is 1. The van der Waals surface area contributed by atoms with Crippen LogP contribution in [-0.4, -0.2) is 19.1 Å². The monoisotopic (exact) mass is 541 g/mol. The van der Waals surface area contributed by atoms with E-state index in [1.54, 1.807) is 42.5 Å². The Kier molecular flexibility index (Phi) is 8.13. The molecule has 0 spiro atoms. The Morgan fingerprint density at radius 3 is 2.36 bits per heavy atom. The number of hydrogen-bond acceptors (Lipinski definition) is 6. The third kappa shape index (κ3) is 6.34. The first-order valence-corrected chi connectivity index (χ1v) is 12.2. The van der Waals surface area contributed by atoms with Crippen molar-refractivity contribution in [1.82, 2.24) is 0 Å². The van der Waals surface area contributed by atoms with E-state index in [2.05, 4.69) is 5.32 Å². The number of alkyl halides is 3. The summed E-state index contributed by atoms with van der Waals surface area (Å²) in [6, 6.07) is 17.1. The molecule has 0 unspecified atom stereocenters. The van der Waals surface area contributed by atoms with Crippen LogP contribution in [0.3, 0.4) is 0 Å². The molecule has 1 amide bonds. The third-order valence-corrected chi connectivity index (χ3v) is 5.66. The number of amides is 1. The van der Waals surface area contributed by atoms with Crippen molar-refractivity contribution >= 4 is 22.6 Å². The van der Waals surface area contributed by atoms with E-state index < -0.39 is 35.6 Å². The number of fused-ring (bicyclic) bond motifs is 1. The molecule has 4 rings (SSSR count). The van der Waals surface area contributed by atoms with Gasteiger partial charge in [-0.05, 0) is 48.7 Å². The Balaban J connectivity index is 1.61. The second-order valence-electron chi connectivity index (χ2n) is 8.81. The van der Waals surface area contributed by atoms with Crippen molar-refractivity contribution in [2.75, 3.05) is 18.5 Å². The van der Waals surface area contributed by atoms with Gasteiger partial charge in [-0.15, -0.1) is 0 Å². The van der Waals surface area contributed by atoms with Crippen molar-refractivity contribution in [3.8, 4) is 23.0 Å². The molecule has 1 aromatic heterocycles. The van der Waals surface area contributed by atoms with Gasteiger partial charge in [-0.2, -0.15) is 13.2 Å². The largest absolute Gasteiger partial charge is 0.492 e. The summed E-state index contributed by atoms with van der Waals surface area (Å²) in [4.78, 5) is 25.6. The molecular weight excluding hydrogens is 515 g/mol. The zero-order chi connectivity index (χ0) is 28.2. The molecular formula is C29H26F3NO6. The summed E-state index contributed by atoms with van der Waals surface area (Å²) in [5.41, 5.74) is -0.273. The molecule has 1 heterocycles. The van der Waals surface area contributed by atoms with E-state index in [4.69, 9.17) is 18.6 Å². The van der Waals surface area contributed by atoms with Crippen LogP contribution in [0.5, 0.6) is 23.0 Å². The molecule has 7 nitrogen and oxygen atoms in total. The van der Waals surface area contributed by atoms with Crippen molar-refractivity contribution in [2.24, 2.45) is 0 Å². The molecule has 0 aliphatic rings. The highest BCUT2D eigenvalue weighted by atomic mass is 19.4. The molecule has 0 radical (unpaired) electrons. The van der Waals surface area contributed by atoms with E-state index in [-0.39, 0.29) is 28.4 Å². The van der Waals surface area contributed by atoms with Gasteiger partial charge in [-0.25, -0.2) is 0 Å². The number of anilines is 1. The molecule has 0 fully saturated rings. The van der Waals surface area contributed by atoms with Crippen LogP contribution < -0.4 is 25.0 Å². The molecule has 3 aromatic carbocycles. The maximum Gasteiger partial charge on any atom is 0.453 e. The molecule has 10 heteroatoms. The van der Waals surface area contributed by atoms with Crippen LogP contribution in [0, 0.1) is 0 Å².